The molecule has 1 aliphatic heterocycles. The van der Waals surface area contributed by atoms with E-state index in [1.807, 2.05) is 26.0 Å². The first-order chi connectivity index (χ1) is 11.8. The number of carbonyl (C=O) groups excluding carboxylic acids is 2. The maximum Gasteiger partial charge on any atom is 0.323 e. The van der Waals surface area contributed by atoms with E-state index >= 15 is 0 Å². The van der Waals surface area contributed by atoms with Gasteiger partial charge in [0.2, 0.25) is 5.91 Å². The van der Waals surface area contributed by atoms with Gasteiger partial charge in [-0.25, -0.2) is 0 Å². The quantitative estimate of drug-likeness (QED) is 0.756. The average Bonchev–Trinajstić information content (AvgIpc) is 2.72. The molecule has 0 aromatic heterocycles. The van der Waals surface area contributed by atoms with Crippen LogP contribution in [0.15, 0.2) is 24.3 Å². The summed E-state index contributed by atoms with van der Waals surface area (Å²) in [6, 6.07) is 6.41. The van der Waals surface area contributed by atoms with Crippen LogP contribution in [-0.4, -0.2) is 40.3 Å². The fourth-order valence-electron chi connectivity index (χ4n) is 2.79. The number of rotatable bonds is 6. The van der Waals surface area contributed by atoms with E-state index in [1.165, 1.54) is 4.90 Å². The SMILES string of the molecule is CCC(C)C(=S)C(=O)N[C@H]1CCc2ccccc2N(CC(=O)O)C1=O. The largest absolute Gasteiger partial charge is 0.480 e. The summed E-state index contributed by atoms with van der Waals surface area (Å²) in [4.78, 5) is 37.9. The maximum atomic E-state index is 12.8. The molecule has 2 atom stereocenters. The number of para-hydroxylation sites is 1. The normalized spacial score (nSPS) is 18.1. The van der Waals surface area contributed by atoms with Crippen LogP contribution in [0.1, 0.15) is 32.3 Å². The molecule has 2 amide bonds. The summed E-state index contributed by atoms with van der Waals surface area (Å²) in [5, 5.41) is 11.9. The number of hydrogen-bond donors (Lipinski definition) is 2. The maximum absolute atomic E-state index is 12.8. The highest BCUT2D eigenvalue weighted by molar-refractivity contribution is 7.82. The van der Waals surface area contributed by atoms with Crippen LogP contribution in [0.4, 0.5) is 5.69 Å². The van der Waals surface area contributed by atoms with Gasteiger partial charge in [-0.1, -0.05) is 44.3 Å². The van der Waals surface area contributed by atoms with Crippen LogP contribution < -0.4 is 10.2 Å². The van der Waals surface area contributed by atoms with Crippen molar-refractivity contribution >= 4 is 40.6 Å². The molecule has 1 aromatic rings. The minimum Gasteiger partial charge on any atom is -0.480 e. The van der Waals surface area contributed by atoms with Gasteiger partial charge in [0.1, 0.15) is 12.6 Å². The number of fused-ring (bicyclic) bond motifs is 1. The highest BCUT2D eigenvalue weighted by Crippen LogP contribution is 2.27. The van der Waals surface area contributed by atoms with Gasteiger partial charge in [-0.3, -0.25) is 19.3 Å². The Morgan fingerprint density at radius 3 is 2.72 bits per heavy atom. The molecule has 6 nitrogen and oxygen atoms in total. The van der Waals surface area contributed by atoms with E-state index in [4.69, 9.17) is 17.3 Å². The number of benzene rings is 1. The molecule has 25 heavy (non-hydrogen) atoms. The monoisotopic (exact) mass is 362 g/mol. The van der Waals surface area contributed by atoms with Crippen molar-refractivity contribution in [1.82, 2.24) is 5.32 Å². The van der Waals surface area contributed by atoms with Crippen LogP contribution in [0.3, 0.4) is 0 Å². The summed E-state index contributed by atoms with van der Waals surface area (Å²) < 4.78 is 0. The van der Waals surface area contributed by atoms with Crippen molar-refractivity contribution in [3.05, 3.63) is 29.8 Å². The van der Waals surface area contributed by atoms with E-state index in [0.29, 0.717) is 18.5 Å². The zero-order valence-corrected chi connectivity index (χ0v) is 15.1. The Labute approximate surface area is 152 Å². The summed E-state index contributed by atoms with van der Waals surface area (Å²) in [7, 11) is 0. The van der Waals surface area contributed by atoms with Gasteiger partial charge in [0.05, 0.1) is 4.86 Å². The predicted octanol–water partition coefficient (Wildman–Crippen LogP) is 1.95. The lowest BCUT2D eigenvalue weighted by Gasteiger charge is -2.25. The number of carboxylic acid groups (broad SMARTS) is 1. The summed E-state index contributed by atoms with van der Waals surface area (Å²) in [6.07, 6.45) is 1.71. The highest BCUT2D eigenvalue weighted by Gasteiger charge is 2.33. The molecule has 0 fully saturated rings. The fourth-order valence-corrected chi connectivity index (χ4v) is 3.01. The second-order valence-corrected chi connectivity index (χ2v) is 6.62. The van der Waals surface area contributed by atoms with Crippen LogP contribution in [0.2, 0.25) is 0 Å². The Morgan fingerprint density at radius 1 is 1.40 bits per heavy atom. The average molecular weight is 362 g/mol. The third-order valence-corrected chi connectivity index (χ3v) is 5.02. The minimum absolute atomic E-state index is 0.0526. The van der Waals surface area contributed by atoms with E-state index in [0.717, 1.165) is 12.0 Å². The molecule has 0 saturated heterocycles. The molecular formula is C18H22N2O4S. The van der Waals surface area contributed by atoms with Crippen molar-refractivity contribution in [2.45, 2.75) is 39.2 Å². The number of hydrogen-bond acceptors (Lipinski definition) is 4. The second kappa shape index (κ2) is 8.20. The van der Waals surface area contributed by atoms with Crippen molar-refractivity contribution in [2.24, 2.45) is 5.92 Å². The number of aryl methyl sites for hydroxylation is 1. The lowest BCUT2D eigenvalue weighted by molar-refractivity contribution is -0.136. The van der Waals surface area contributed by atoms with E-state index in [2.05, 4.69) is 5.32 Å². The van der Waals surface area contributed by atoms with Gasteiger partial charge in [-0.05, 0) is 36.8 Å². The minimum atomic E-state index is -1.11. The van der Waals surface area contributed by atoms with Crippen LogP contribution in [0, 0.1) is 5.92 Å². The summed E-state index contributed by atoms with van der Waals surface area (Å²) in [5.74, 6) is -2.01. The summed E-state index contributed by atoms with van der Waals surface area (Å²) in [6.45, 7) is 3.35. The molecular weight excluding hydrogens is 340 g/mol. The Morgan fingerprint density at radius 2 is 2.08 bits per heavy atom. The van der Waals surface area contributed by atoms with E-state index in [-0.39, 0.29) is 10.8 Å². The Kier molecular flexibility index (Phi) is 6.25. The lowest BCUT2D eigenvalue weighted by Crippen LogP contribution is -2.51. The van der Waals surface area contributed by atoms with Crippen molar-refractivity contribution in [3.8, 4) is 0 Å². The van der Waals surface area contributed by atoms with E-state index in [1.54, 1.807) is 12.1 Å². The standard InChI is InChI=1S/C18H22N2O4S/c1-3-11(2)16(25)17(23)19-13-9-8-12-6-4-5-7-14(12)20(18(13)24)10-15(21)22/h4-7,11,13H,3,8-10H2,1-2H3,(H,19,23)(H,21,22)/t11?,13-/m0/s1. The number of carbonyl (C=O) groups is 3. The number of nitrogens with zero attached hydrogens (tertiary/aromatic N) is 1. The van der Waals surface area contributed by atoms with Crippen LogP contribution in [0.25, 0.3) is 0 Å². The smallest absolute Gasteiger partial charge is 0.323 e. The van der Waals surface area contributed by atoms with Crippen LogP contribution in [-0.2, 0) is 20.8 Å². The predicted molar refractivity (Wildman–Crippen MR) is 98.7 cm³/mol. The van der Waals surface area contributed by atoms with Crippen molar-refractivity contribution < 1.29 is 19.5 Å². The van der Waals surface area contributed by atoms with Gasteiger partial charge in [-0.15, -0.1) is 0 Å². The van der Waals surface area contributed by atoms with Crippen molar-refractivity contribution in [2.75, 3.05) is 11.4 Å². The zero-order valence-electron chi connectivity index (χ0n) is 14.3. The summed E-state index contributed by atoms with van der Waals surface area (Å²) in [5.41, 5.74) is 1.47. The first kappa shape index (κ1) is 19.1. The number of thiocarbonyl (C=S) groups is 1. The number of nitrogens with one attached hydrogen (secondary N) is 1. The Balaban J connectivity index is 2.25. The number of amides is 2. The third kappa shape index (κ3) is 4.42. The Bertz CT molecular complexity index is 704. The van der Waals surface area contributed by atoms with Crippen molar-refractivity contribution in [3.63, 3.8) is 0 Å². The molecule has 1 unspecified atom stereocenters. The second-order valence-electron chi connectivity index (χ2n) is 6.19. The molecule has 0 radical (unpaired) electrons. The molecule has 0 spiro atoms. The first-order valence-corrected chi connectivity index (χ1v) is 8.71. The molecule has 1 aliphatic rings. The number of aliphatic carboxylic acids is 1. The van der Waals surface area contributed by atoms with Crippen LogP contribution in [0.5, 0.6) is 0 Å². The third-order valence-electron chi connectivity index (χ3n) is 4.43. The number of anilines is 1. The van der Waals surface area contributed by atoms with Crippen LogP contribution >= 0.6 is 12.2 Å². The van der Waals surface area contributed by atoms with Gasteiger partial charge in [0, 0.05) is 5.69 Å². The van der Waals surface area contributed by atoms with E-state index < -0.39 is 30.4 Å². The molecule has 2 rings (SSSR count). The lowest BCUT2D eigenvalue weighted by atomic mass is 10.0. The Hall–Kier alpha value is -2.28. The van der Waals surface area contributed by atoms with Gasteiger partial charge in [-0.2, -0.15) is 0 Å². The molecule has 0 bridgehead atoms. The first-order valence-electron chi connectivity index (χ1n) is 8.30. The molecule has 2 N–H and O–H groups in total. The molecule has 0 aliphatic carbocycles. The van der Waals surface area contributed by atoms with Gasteiger partial charge in [0.25, 0.3) is 5.91 Å². The van der Waals surface area contributed by atoms with Gasteiger partial charge < -0.3 is 10.4 Å². The molecule has 1 aromatic carbocycles. The van der Waals surface area contributed by atoms with Gasteiger partial charge in [0.15, 0.2) is 0 Å². The fraction of sp³-hybridized carbons (Fsp3) is 0.444. The van der Waals surface area contributed by atoms with E-state index in [9.17, 15) is 14.4 Å². The highest BCUT2D eigenvalue weighted by atomic mass is 32.1. The zero-order chi connectivity index (χ0) is 18.6. The van der Waals surface area contributed by atoms with Crippen molar-refractivity contribution in [1.29, 1.82) is 0 Å². The molecule has 7 heteroatoms. The molecule has 1 heterocycles. The van der Waals surface area contributed by atoms with Gasteiger partial charge >= 0.3 is 5.97 Å². The number of carboxylic acids is 1. The summed E-state index contributed by atoms with van der Waals surface area (Å²) >= 11 is 5.18. The molecule has 0 saturated carbocycles. The molecule has 134 valence electrons. The topological polar surface area (TPSA) is 86.7 Å².